The Bertz CT molecular complexity index is 429. The van der Waals surface area contributed by atoms with Gasteiger partial charge in [-0.2, -0.15) is 0 Å². The predicted octanol–water partition coefficient (Wildman–Crippen LogP) is 2.41. The van der Waals surface area contributed by atoms with Gasteiger partial charge in [-0.25, -0.2) is 0 Å². The van der Waals surface area contributed by atoms with E-state index in [0.29, 0.717) is 6.79 Å². The zero-order chi connectivity index (χ0) is 10.8. The second kappa shape index (κ2) is 4.04. The van der Waals surface area contributed by atoms with Gasteiger partial charge in [0.25, 0.3) is 0 Å². The lowest BCUT2D eigenvalue weighted by molar-refractivity contribution is 0.174. The molecule has 2 heterocycles. The third kappa shape index (κ3) is 1.83. The third-order valence-corrected chi connectivity index (χ3v) is 2.79. The molecule has 4 nitrogen and oxygen atoms in total. The summed E-state index contributed by atoms with van der Waals surface area (Å²) in [7, 11) is 0. The van der Waals surface area contributed by atoms with Crippen LogP contribution in [-0.4, -0.2) is 19.2 Å². The number of nitrogens with zero attached hydrogens (tertiary/aromatic N) is 1. The van der Waals surface area contributed by atoms with Gasteiger partial charge in [0.05, 0.1) is 0 Å². The third-order valence-electron chi connectivity index (χ3n) is 2.79. The molecule has 2 aliphatic rings. The summed E-state index contributed by atoms with van der Waals surface area (Å²) in [4.78, 5) is 4.45. The van der Waals surface area contributed by atoms with Gasteiger partial charge in [0, 0.05) is 24.7 Å². The van der Waals surface area contributed by atoms with E-state index in [-0.39, 0.29) is 0 Å². The molecule has 0 spiro atoms. The predicted molar refractivity (Wildman–Crippen MR) is 62.3 cm³/mol. The number of aliphatic imine (C=N–C) groups is 1. The van der Waals surface area contributed by atoms with Crippen molar-refractivity contribution in [3.8, 4) is 11.5 Å². The Kier molecular flexibility index (Phi) is 2.40. The summed E-state index contributed by atoms with van der Waals surface area (Å²) < 4.78 is 10.6. The van der Waals surface area contributed by atoms with Crippen LogP contribution in [0.15, 0.2) is 23.2 Å². The van der Waals surface area contributed by atoms with Gasteiger partial charge in [-0.3, -0.25) is 4.99 Å². The van der Waals surface area contributed by atoms with Crippen LogP contribution < -0.4 is 14.8 Å². The number of nitrogens with one attached hydrogen (secondary N) is 1. The van der Waals surface area contributed by atoms with Gasteiger partial charge < -0.3 is 14.8 Å². The Morgan fingerprint density at radius 2 is 2.06 bits per heavy atom. The van der Waals surface area contributed by atoms with Crippen molar-refractivity contribution in [3.05, 3.63) is 18.2 Å². The topological polar surface area (TPSA) is 42.9 Å². The summed E-state index contributed by atoms with van der Waals surface area (Å²) in [5.74, 6) is 2.70. The van der Waals surface area contributed by atoms with E-state index in [0.717, 1.165) is 36.0 Å². The molecule has 0 bridgehead atoms. The van der Waals surface area contributed by atoms with Crippen molar-refractivity contribution in [3.63, 3.8) is 0 Å². The van der Waals surface area contributed by atoms with Crippen molar-refractivity contribution >= 4 is 11.5 Å². The molecule has 0 radical (unpaired) electrons. The maximum absolute atomic E-state index is 5.33. The van der Waals surface area contributed by atoms with Crippen LogP contribution in [0.4, 0.5) is 5.69 Å². The summed E-state index contributed by atoms with van der Waals surface area (Å²) in [6.45, 7) is 1.26. The molecule has 0 saturated carbocycles. The Labute approximate surface area is 94.3 Å². The molecular weight excluding hydrogens is 204 g/mol. The Morgan fingerprint density at radius 3 is 2.94 bits per heavy atom. The highest BCUT2D eigenvalue weighted by molar-refractivity contribution is 5.96. The van der Waals surface area contributed by atoms with Gasteiger partial charge >= 0.3 is 0 Å². The molecule has 2 aliphatic heterocycles. The zero-order valence-corrected chi connectivity index (χ0v) is 9.03. The van der Waals surface area contributed by atoms with E-state index in [2.05, 4.69) is 10.3 Å². The molecule has 84 valence electrons. The Morgan fingerprint density at radius 1 is 1.12 bits per heavy atom. The second-order valence-electron chi connectivity index (χ2n) is 3.98. The number of hydrogen-bond donors (Lipinski definition) is 1. The Balaban J connectivity index is 1.77. The maximum atomic E-state index is 5.33. The molecule has 0 unspecified atom stereocenters. The lowest BCUT2D eigenvalue weighted by Crippen LogP contribution is -2.15. The van der Waals surface area contributed by atoms with Crippen molar-refractivity contribution in [2.45, 2.75) is 19.3 Å². The SMILES string of the molecule is c1cc2c(cc1NC1=NCCCC1)OCO2. The molecular formula is C12H14N2O2. The largest absolute Gasteiger partial charge is 0.454 e. The number of hydrogen-bond acceptors (Lipinski definition) is 4. The van der Waals surface area contributed by atoms with Crippen LogP contribution in [0, 0.1) is 0 Å². The fraction of sp³-hybridized carbons (Fsp3) is 0.417. The first-order valence-electron chi connectivity index (χ1n) is 5.62. The first kappa shape index (κ1) is 9.51. The molecule has 0 aromatic heterocycles. The highest BCUT2D eigenvalue weighted by Gasteiger charge is 2.14. The average Bonchev–Trinajstić information content (AvgIpc) is 2.77. The summed E-state index contributed by atoms with van der Waals surface area (Å²) in [5, 5.41) is 3.32. The van der Waals surface area contributed by atoms with E-state index in [9.17, 15) is 0 Å². The molecule has 1 aromatic rings. The fourth-order valence-electron chi connectivity index (χ4n) is 1.94. The highest BCUT2D eigenvalue weighted by Crippen LogP contribution is 2.34. The standard InChI is InChI=1S/C12H14N2O2/c1-2-6-13-12(3-1)14-9-4-5-10-11(7-9)16-8-15-10/h4-5,7H,1-3,6,8H2,(H,13,14). The van der Waals surface area contributed by atoms with E-state index < -0.39 is 0 Å². The molecule has 0 saturated heterocycles. The molecule has 1 N–H and O–H groups in total. The number of fused-ring (bicyclic) bond motifs is 1. The van der Waals surface area contributed by atoms with Gasteiger partial charge in [0.15, 0.2) is 11.5 Å². The van der Waals surface area contributed by atoms with Crippen molar-refractivity contribution in [2.75, 3.05) is 18.7 Å². The smallest absolute Gasteiger partial charge is 0.231 e. The van der Waals surface area contributed by atoms with Gasteiger partial charge in [-0.1, -0.05) is 0 Å². The Hall–Kier alpha value is -1.71. The van der Waals surface area contributed by atoms with Gasteiger partial charge in [0.2, 0.25) is 6.79 Å². The lowest BCUT2D eigenvalue weighted by Gasteiger charge is -2.14. The van der Waals surface area contributed by atoms with Gasteiger partial charge in [-0.15, -0.1) is 0 Å². The maximum Gasteiger partial charge on any atom is 0.231 e. The second-order valence-corrected chi connectivity index (χ2v) is 3.98. The summed E-state index contributed by atoms with van der Waals surface area (Å²) in [6, 6.07) is 5.87. The van der Waals surface area contributed by atoms with Crippen LogP contribution in [-0.2, 0) is 0 Å². The molecule has 1 aromatic carbocycles. The van der Waals surface area contributed by atoms with E-state index in [1.54, 1.807) is 0 Å². The van der Waals surface area contributed by atoms with Crippen LogP contribution in [0.3, 0.4) is 0 Å². The van der Waals surface area contributed by atoms with Crippen molar-refractivity contribution in [2.24, 2.45) is 4.99 Å². The number of benzene rings is 1. The minimum atomic E-state index is 0.319. The average molecular weight is 218 g/mol. The van der Waals surface area contributed by atoms with Crippen LogP contribution in [0.2, 0.25) is 0 Å². The fourth-order valence-corrected chi connectivity index (χ4v) is 1.94. The highest BCUT2D eigenvalue weighted by atomic mass is 16.7. The molecule has 0 aliphatic carbocycles. The van der Waals surface area contributed by atoms with Crippen LogP contribution in [0.1, 0.15) is 19.3 Å². The van der Waals surface area contributed by atoms with E-state index in [1.165, 1.54) is 12.8 Å². The molecule has 16 heavy (non-hydrogen) atoms. The number of ether oxygens (including phenoxy) is 2. The van der Waals surface area contributed by atoms with Gasteiger partial charge in [-0.05, 0) is 25.0 Å². The monoisotopic (exact) mass is 218 g/mol. The van der Waals surface area contributed by atoms with Crippen molar-refractivity contribution in [1.29, 1.82) is 0 Å². The zero-order valence-electron chi connectivity index (χ0n) is 9.03. The summed E-state index contributed by atoms with van der Waals surface area (Å²) in [6.07, 6.45) is 3.46. The normalized spacial score (nSPS) is 18.1. The molecule has 3 rings (SSSR count). The van der Waals surface area contributed by atoms with Crippen molar-refractivity contribution < 1.29 is 9.47 Å². The summed E-state index contributed by atoms with van der Waals surface area (Å²) >= 11 is 0. The molecule has 0 atom stereocenters. The molecule has 0 fully saturated rings. The number of amidine groups is 1. The van der Waals surface area contributed by atoms with Crippen molar-refractivity contribution in [1.82, 2.24) is 0 Å². The lowest BCUT2D eigenvalue weighted by atomic mass is 10.1. The van der Waals surface area contributed by atoms with E-state index in [1.807, 2.05) is 18.2 Å². The summed E-state index contributed by atoms with van der Waals surface area (Å²) in [5.41, 5.74) is 1.02. The number of rotatable bonds is 1. The van der Waals surface area contributed by atoms with E-state index in [4.69, 9.17) is 9.47 Å². The molecule has 0 amide bonds. The van der Waals surface area contributed by atoms with Crippen LogP contribution in [0.25, 0.3) is 0 Å². The van der Waals surface area contributed by atoms with Crippen LogP contribution >= 0.6 is 0 Å². The van der Waals surface area contributed by atoms with Crippen LogP contribution in [0.5, 0.6) is 11.5 Å². The molecule has 4 heteroatoms. The minimum Gasteiger partial charge on any atom is -0.454 e. The van der Waals surface area contributed by atoms with Gasteiger partial charge in [0.1, 0.15) is 5.84 Å². The number of anilines is 1. The van der Waals surface area contributed by atoms with E-state index >= 15 is 0 Å². The first-order valence-corrected chi connectivity index (χ1v) is 5.62. The minimum absolute atomic E-state index is 0.319. The quantitative estimate of drug-likeness (QED) is 0.787. The first-order chi connectivity index (χ1) is 7.92.